The van der Waals surface area contributed by atoms with Gasteiger partial charge in [0.2, 0.25) is 0 Å². The number of esters is 1. The molecule has 18 heavy (non-hydrogen) atoms. The molecule has 0 heterocycles. The van der Waals surface area contributed by atoms with Gasteiger partial charge in [-0.1, -0.05) is 0 Å². The molecular formula is C14H20N2O2. The third-order valence-electron chi connectivity index (χ3n) is 3.24. The first kappa shape index (κ1) is 12.9. The van der Waals surface area contributed by atoms with Gasteiger partial charge in [0.15, 0.2) is 0 Å². The van der Waals surface area contributed by atoms with E-state index in [9.17, 15) is 4.79 Å². The van der Waals surface area contributed by atoms with Crippen LogP contribution in [0.4, 0.5) is 5.69 Å². The van der Waals surface area contributed by atoms with E-state index in [1.807, 2.05) is 12.1 Å². The first-order chi connectivity index (χ1) is 8.69. The summed E-state index contributed by atoms with van der Waals surface area (Å²) in [4.78, 5) is 11.5. The van der Waals surface area contributed by atoms with Crippen LogP contribution in [0.5, 0.6) is 0 Å². The fraction of sp³-hybridized carbons (Fsp3) is 0.500. The number of rotatable bonds is 4. The summed E-state index contributed by atoms with van der Waals surface area (Å²) in [6.45, 7) is 2.20. The van der Waals surface area contributed by atoms with Crippen LogP contribution >= 0.6 is 0 Å². The minimum absolute atomic E-state index is 0.271. The smallest absolute Gasteiger partial charge is 0.338 e. The van der Waals surface area contributed by atoms with Gasteiger partial charge in [-0.2, -0.15) is 0 Å². The Kier molecular flexibility index (Phi) is 4.20. The zero-order chi connectivity index (χ0) is 13.0. The molecule has 4 nitrogen and oxygen atoms in total. The third-order valence-corrected chi connectivity index (χ3v) is 3.24. The molecule has 98 valence electrons. The normalized spacial score (nSPS) is 22.8. The van der Waals surface area contributed by atoms with E-state index in [4.69, 9.17) is 10.5 Å². The van der Waals surface area contributed by atoms with Gasteiger partial charge in [-0.05, 0) is 50.5 Å². The van der Waals surface area contributed by atoms with Crippen LogP contribution in [0.3, 0.4) is 0 Å². The van der Waals surface area contributed by atoms with Crippen molar-refractivity contribution in [2.75, 3.05) is 11.9 Å². The number of nitrogens with one attached hydrogen (secondary N) is 1. The quantitative estimate of drug-likeness (QED) is 0.801. The topological polar surface area (TPSA) is 64.3 Å². The minimum Gasteiger partial charge on any atom is -0.462 e. The summed E-state index contributed by atoms with van der Waals surface area (Å²) in [6, 6.07) is 8.17. The maximum Gasteiger partial charge on any atom is 0.338 e. The van der Waals surface area contributed by atoms with E-state index in [1.165, 1.54) is 0 Å². The number of hydrogen-bond acceptors (Lipinski definition) is 4. The molecule has 1 aromatic carbocycles. The number of carbonyl (C=O) groups excluding carboxylic acids is 1. The molecule has 3 N–H and O–H groups in total. The van der Waals surface area contributed by atoms with Gasteiger partial charge in [-0.15, -0.1) is 0 Å². The summed E-state index contributed by atoms with van der Waals surface area (Å²) in [6.07, 6.45) is 3.21. The van der Waals surface area contributed by atoms with Crippen molar-refractivity contribution in [3.63, 3.8) is 0 Å². The molecule has 0 spiro atoms. The Morgan fingerprint density at radius 1 is 1.39 bits per heavy atom. The maximum atomic E-state index is 11.5. The summed E-state index contributed by atoms with van der Waals surface area (Å²) in [7, 11) is 0. The molecule has 0 amide bonds. The monoisotopic (exact) mass is 248 g/mol. The van der Waals surface area contributed by atoms with Crippen LogP contribution in [-0.2, 0) is 4.74 Å². The Balaban J connectivity index is 1.93. The molecule has 0 bridgehead atoms. The Hall–Kier alpha value is -1.55. The molecule has 0 aliphatic heterocycles. The number of anilines is 1. The van der Waals surface area contributed by atoms with E-state index in [2.05, 4.69) is 5.32 Å². The predicted octanol–water partition coefficient (Wildman–Crippen LogP) is 2.16. The van der Waals surface area contributed by atoms with Crippen LogP contribution in [0.1, 0.15) is 36.5 Å². The van der Waals surface area contributed by atoms with Gasteiger partial charge in [-0.25, -0.2) is 4.79 Å². The number of hydrogen-bond donors (Lipinski definition) is 2. The third kappa shape index (κ3) is 3.23. The van der Waals surface area contributed by atoms with Gasteiger partial charge in [0.25, 0.3) is 0 Å². The van der Waals surface area contributed by atoms with Gasteiger partial charge in [0, 0.05) is 17.8 Å². The van der Waals surface area contributed by atoms with Crippen LogP contribution < -0.4 is 11.1 Å². The minimum atomic E-state index is -0.271. The molecule has 1 saturated carbocycles. The lowest BCUT2D eigenvalue weighted by atomic mass is 10.2. The van der Waals surface area contributed by atoms with Crippen molar-refractivity contribution in [1.29, 1.82) is 0 Å². The summed E-state index contributed by atoms with van der Waals surface area (Å²) >= 11 is 0. The zero-order valence-corrected chi connectivity index (χ0v) is 10.7. The second-order valence-corrected chi connectivity index (χ2v) is 4.71. The number of benzene rings is 1. The average Bonchev–Trinajstić information content (AvgIpc) is 2.76. The Morgan fingerprint density at radius 3 is 2.67 bits per heavy atom. The molecule has 2 rings (SSSR count). The fourth-order valence-electron chi connectivity index (χ4n) is 2.30. The Labute approximate surface area is 108 Å². The molecule has 4 heteroatoms. The van der Waals surface area contributed by atoms with Gasteiger partial charge < -0.3 is 15.8 Å². The SMILES string of the molecule is CCOC(=O)c1ccc(NC2CCC(N)C2)cc1. The standard InChI is InChI=1S/C14H20N2O2/c1-2-18-14(17)10-3-6-12(7-4-10)16-13-8-5-11(15)9-13/h3-4,6-7,11,13,16H,2,5,8-9,15H2,1H3. The van der Waals surface area contributed by atoms with Crippen molar-refractivity contribution >= 4 is 11.7 Å². The largest absolute Gasteiger partial charge is 0.462 e. The van der Waals surface area contributed by atoms with Crippen LogP contribution in [0.2, 0.25) is 0 Å². The summed E-state index contributed by atoms with van der Waals surface area (Å²) in [5, 5.41) is 3.44. The molecule has 0 saturated heterocycles. The lowest BCUT2D eigenvalue weighted by Crippen LogP contribution is -2.20. The lowest BCUT2D eigenvalue weighted by molar-refractivity contribution is 0.0526. The first-order valence-electron chi connectivity index (χ1n) is 6.48. The van der Waals surface area contributed by atoms with Crippen molar-refractivity contribution in [2.45, 2.75) is 38.3 Å². The Morgan fingerprint density at radius 2 is 2.11 bits per heavy atom. The van der Waals surface area contributed by atoms with E-state index in [0.717, 1.165) is 24.9 Å². The molecule has 1 fully saturated rings. The highest BCUT2D eigenvalue weighted by Gasteiger charge is 2.21. The van der Waals surface area contributed by atoms with E-state index in [-0.39, 0.29) is 5.97 Å². The highest BCUT2D eigenvalue weighted by molar-refractivity contribution is 5.89. The van der Waals surface area contributed by atoms with Gasteiger partial charge in [0.05, 0.1) is 12.2 Å². The number of nitrogens with two attached hydrogens (primary N) is 1. The maximum absolute atomic E-state index is 11.5. The molecule has 0 aromatic heterocycles. The number of ether oxygens (including phenoxy) is 1. The molecule has 2 atom stereocenters. The van der Waals surface area contributed by atoms with Gasteiger partial charge >= 0.3 is 5.97 Å². The van der Waals surface area contributed by atoms with Crippen LogP contribution in [0.15, 0.2) is 24.3 Å². The van der Waals surface area contributed by atoms with Crippen molar-refractivity contribution in [3.8, 4) is 0 Å². The zero-order valence-electron chi connectivity index (χ0n) is 10.7. The van der Waals surface area contributed by atoms with Crippen LogP contribution in [0.25, 0.3) is 0 Å². The Bertz CT molecular complexity index is 403. The van der Waals surface area contributed by atoms with E-state index in [1.54, 1.807) is 19.1 Å². The van der Waals surface area contributed by atoms with Crippen molar-refractivity contribution in [1.82, 2.24) is 0 Å². The first-order valence-corrected chi connectivity index (χ1v) is 6.48. The van der Waals surface area contributed by atoms with E-state index >= 15 is 0 Å². The lowest BCUT2D eigenvalue weighted by Gasteiger charge is -2.14. The molecule has 2 unspecified atom stereocenters. The summed E-state index contributed by atoms with van der Waals surface area (Å²) in [5.41, 5.74) is 7.49. The van der Waals surface area contributed by atoms with E-state index in [0.29, 0.717) is 24.3 Å². The molecule has 1 aromatic rings. The van der Waals surface area contributed by atoms with Crippen LogP contribution in [-0.4, -0.2) is 24.7 Å². The van der Waals surface area contributed by atoms with Gasteiger partial charge in [0.1, 0.15) is 0 Å². The van der Waals surface area contributed by atoms with Crippen molar-refractivity contribution < 1.29 is 9.53 Å². The second kappa shape index (κ2) is 5.87. The second-order valence-electron chi connectivity index (χ2n) is 4.71. The molecule has 1 aliphatic carbocycles. The molecule has 1 aliphatic rings. The van der Waals surface area contributed by atoms with Gasteiger partial charge in [-0.3, -0.25) is 0 Å². The highest BCUT2D eigenvalue weighted by atomic mass is 16.5. The highest BCUT2D eigenvalue weighted by Crippen LogP contribution is 2.22. The van der Waals surface area contributed by atoms with E-state index < -0.39 is 0 Å². The average molecular weight is 248 g/mol. The summed E-state index contributed by atoms with van der Waals surface area (Å²) < 4.78 is 4.94. The molecule has 0 radical (unpaired) electrons. The van der Waals surface area contributed by atoms with Crippen LogP contribution in [0, 0.1) is 0 Å². The molecular weight excluding hydrogens is 228 g/mol. The number of carbonyl (C=O) groups is 1. The predicted molar refractivity (Wildman–Crippen MR) is 71.6 cm³/mol. The van der Waals surface area contributed by atoms with Crippen molar-refractivity contribution in [2.24, 2.45) is 5.73 Å². The fourth-order valence-corrected chi connectivity index (χ4v) is 2.30. The summed E-state index contributed by atoms with van der Waals surface area (Å²) in [5.74, 6) is -0.271. The van der Waals surface area contributed by atoms with Crippen molar-refractivity contribution in [3.05, 3.63) is 29.8 Å².